The molecule has 4 heterocycles. The van der Waals surface area contributed by atoms with Crippen LogP contribution in [0.2, 0.25) is 0 Å². The van der Waals surface area contributed by atoms with Crippen molar-refractivity contribution in [3.63, 3.8) is 0 Å². The molecular weight excluding hydrogens is 381 g/mol. The van der Waals surface area contributed by atoms with Gasteiger partial charge in [-0.25, -0.2) is 4.39 Å². The third-order valence-electron chi connectivity index (χ3n) is 5.21. The van der Waals surface area contributed by atoms with Crippen molar-refractivity contribution in [3.8, 4) is 10.8 Å². The average molecular weight is 400 g/mol. The van der Waals surface area contributed by atoms with Crippen molar-refractivity contribution < 1.29 is 10.6 Å². The van der Waals surface area contributed by atoms with E-state index in [1.165, 1.54) is 23.7 Å². The number of benzene rings is 1. The van der Waals surface area contributed by atoms with Crippen molar-refractivity contribution in [2.75, 3.05) is 24.5 Å². The van der Waals surface area contributed by atoms with E-state index >= 15 is 0 Å². The molecule has 0 saturated carbocycles. The third kappa shape index (κ3) is 2.75. The third-order valence-corrected chi connectivity index (χ3v) is 5.91. The minimum absolute atomic E-state index is 0.252. The van der Waals surface area contributed by atoms with Crippen LogP contribution in [0.1, 0.15) is 36.9 Å². The van der Waals surface area contributed by atoms with Crippen molar-refractivity contribution in [2.24, 2.45) is 0 Å². The highest BCUT2D eigenvalue weighted by molar-refractivity contribution is 7.09. The second kappa shape index (κ2) is 6.62. The smallest absolute Gasteiger partial charge is 0.254 e. The Morgan fingerprint density at radius 3 is 2.86 bits per heavy atom. The Morgan fingerprint density at radius 1 is 1.25 bits per heavy atom. The second-order valence-electron chi connectivity index (χ2n) is 6.87. The first-order chi connectivity index (χ1) is 14.0. The van der Waals surface area contributed by atoms with Crippen molar-refractivity contribution in [1.82, 2.24) is 29.0 Å². The zero-order chi connectivity index (χ0) is 20.1. The quantitative estimate of drug-likeness (QED) is 0.672. The zero-order valence-electron chi connectivity index (χ0n) is 16.2. The summed E-state index contributed by atoms with van der Waals surface area (Å²) in [7, 11) is 0. The normalized spacial score (nSPS) is 19.2. The topological polar surface area (TPSA) is 80.0 Å². The summed E-state index contributed by atoms with van der Waals surface area (Å²) >= 11 is 1.30. The number of nitrogens with zero attached hydrogens (tertiary/aromatic N) is 7. The molecule has 0 bridgehead atoms. The SMILES string of the molecule is [2H]c1cc(C(=O)N2CCn3c(-c4nc(N5CCC5)ns4)nnc3[C@H]2C)ccc1F. The van der Waals surface area contributed by atoms with E-state index in [1.54, 1.807) is 4.90 Å². The summed E-state index contributed by atoms with van der Waals surface area (Å²) in [5.41, 5.74) is 0.291. The number of amides is 1. The Balaban J connectivity index is 1.41. The van der Waals surface area contributed by atoms with Crippen LogP contribution in [0.3, 0.4) is 0 Å². The van der Waals surface area contributed by atoms with Crippen molar-refractivity contribution in [2.45, 2.75) is 25.9 Å². The van der Waals surface area contributed by atoms with Crippen LogP contribution in [0.25, 0.3) is 10.8 Å². The molecule has 3 aromatic rings. The maximum Gasteiger partial charge on any atom is 0.254 e. The molecule has 8 nitrogen and oxygen atoms in total. The lowest BCUT2D eigenvalue weighted by molar-refractivity contribution is 0.0638. The summed E-state index contributed by atoms with van der Waals surface area (Å²) in [6.45, 7) is 4.83. The summed E-state index contributed by atoms with van der Waals surface area (Å²) in [4.78, 5) is 21.3. The number of rotatable bonds is 3. The molecule has 0 aliphatic carbocycles. The molecule has 0 unspecified atom stereocenters. The molecule has 144 valence electrons. The van der Waals surface area contributed by atoms with Gasteiger partial charge in [0, 0.05) is 31.7 Å². The molecule has 2 aromatic heterocycles. The van der Waals surface area contributed by atoms with Crippen molar-refractivity contribution in [3.05, 3.63) is 41.4 Å². The summed E-state index contributed by atoms with van der Waals surface area (Å²) < 4.78 is 27.4. The maximum atomic E-state index is 13.4. The molecule has 1 aromatic carbocycles. The molecule has 2 aliphatic heterocycles. The van der Waals surface area contributed by atoms with E-state index < -0.39 is 5.82 Å². The van der Waals surface area contributed by atoms with E-state index in [-0.39, 0.29) is 18.0 Å². The van der Waals surface area contributed by atoms with Gasteiger partial charge in [-0.05, 0) is 49.1 Å². The van der Waals surface area contributed by atoms with E-state index in [0.717, 1.165) is 36.5 Å². The predicted octanol–water partition coefficient (Wildman–Crippen LogP) is 2.36. The van der Waals surface area contributed by atoms with Gasteiger partial charge >= 0.3 is 0 Å². The van der Waals surface area contributed by atoms with Crippen molar-refractivity contribution in [1.29, 1.82) is 0 Å². The van der Waals surface area contributed by atoms with Gasteiger partial charge in [-0.15, -0.1) is 10.2 Å². The number of hydrogen-bond acceptors (Lipinski definition) is 7. The van der Waals surface area contributed by atoms with Gasteiger partial charge in [-0.3, -0.25) is 4.79 Å². The molecule has 28 heavy (non-hydrogen) atoms. The van der Waals surface area contributed by atoms with E-state index in [9.17, 15) is 9.18 Å². The van der Waals surface area contributed by atoms with Gasteiger partial charge in [0.2, 0.25) is 5.95 Å². The Kier molecular flexibility index (Phi) is 3.81. The highest BCUT2D eigenvalue weighted by Crippen LogP contribution is 2.31. The maximum absolute atomic E-state index is 13.4. The number of anilines is 1. The Morgan fingerprint density at radius 2 is 2.11 bits per heavy atom. The molecule has 10 heteroatoms. The average Bonchev–Trinajstić information content (AvgIpc) is 3.30. The van der Waals surface area contributed by atoms with Crippen LogP contribution < -0.4 is 4.90 Å². The molecule has 0 spiro atoms. The van der Waals surface area contributed by atoms with Crippen LogP contribution in [0.4, 0.5) is 10.3 Å². The first-order valence-electron chi connectivity index (χ1n) is 9.62. The van der Waals surface area contributed by atoms with Crippen molar-refractivity contribution >= 4 is 23.4 Å². The lowest BCUT2D eigenvalue weighted by atomic mass is 10.1. The molecular formula is C18H18FN7OS. The van der Waals surface area contributed by atoms with Gasteiger partial charge in [0.05, 0.1) is 7.41 Å². The summed E-state index contributed by atoms with van der Waals surface area (Å²) in [5.74, 6) is 1.17. The number of hydrogen-bond donors (Lipinski definition) is 0. The molecule has 1 atom stereocenters. The molecule has 1 fully saturated rings. The molecule has 5 rings (SSSR count). The number of carbonyl (C=O) groups excluding carboxylic acids is 1. The minimum Gasteiger partial charge on any atom is -0.340 e. The fourth-order valence-electron chi connectivity index (χ4n) is 3.48. The van der Waals surface area contributed by atoms with E-state index in [1.807, 2.05) is 11.5 Å². The number of carbonyl (C=O) groups is 1. The summed E-state index contributed by atoms with van der Waals surface area (Å²) in [6, 6.07) is 3.22. The monoisotopic (exact) mass is 400 g/mol. The standard InChI is InChI=1S/C18H18FN7OS/c1-11-14-21-22-15(16-20-18(23-28-16)24-7-2-8-24)26(14)10-9-25(11)17(27)12-3-5-13(19)6-4-12/h3-6,11H,2,7-10H2,1H3/t11-/m1/s1/i5D. The van der Waals surface area contributed by atoms with Crippen LogP contribution in [0.5, 0.6) is 0 Å². The lowest BCUT2D eigenvalue weighted by Crippen LogP contribution is -2.41. The van der Waals surface area contributed by atoms with E-state index in [0.29, 0.717) is 30.3 Å². The Labute approximate surface area is 166 Å². The Hall–Kier alpha value is -2.88. The fourth-order valence-corrected chi connectivity index (χ4v) is 4.16. The number of halogens is 1. The minimum atomic E-state index is -0.646. The van der Waals surface area contributed by atoms with Gasteiger partial charge in [0.25, 0.3) is 5.91 Å². The highest BCUT2D eigenvalue weighted by Gasteiger charge is 2.33. The first-order valence-corrected chi connectivity index (χ1v) is 9.89. The van der Waals surface area contributed by atoms with Gasteiger partial charge < -0.3 is 14.4 Å². The predicted molar refractivity (Wildman–Crippen MR) is 102 cm³/mol. The summed E-state index contributed by atoms with van der Waals surface area (Å²) in [5, 5.41) is 9.34. The van der Waals surface area contributed by atoms with Crippen LogP contribution in [-0.4, -0.2) is 54.6 Å². The lowest BCUT2D eigenvalue weighted by Gasteiger charge is -2.33. The van der Waals surface area contributed by atoms with Gasteiger partial charge in [0.15, 0.2) is 16.7 Å². The fraction of sp³-hybridized carbons (Fsp3) is 0.389. The van der Waals surface area contributed by atoms with Crippen LogP contribution in [0, 0.1) is 5.82 Å². The second-order valence-corrected chi connectivity index (χ2v) is 7.63. The van der Waals surface area contributed by atoms with Gasteiger partial charge in [-0.1, -0.05) is 0 Å². The molecule has 1 amide bonds. The van der Waals surface area contributed by atoms with Gasteiger partial charge in [0.1, 0.15) is 5.82 Å². The zero-order valence-corrected chi connectivity index (χ0v) is 16.0. The van der Waals surface area contributed by atoms with E-state index in [4.69, 9.17) is 1.37 Å². The first kappa shape index (κ1) is 16.1. The van der Waals surface area contributed by atoms with Crippen LogP contribution >= 0.6 is 11.5 Å². The van der Waals surface area contributed by atoms with Gasteiger partial charge in [-0.2, -0.15) is 9.36 Å². The molecule has 0 radical (unpaired) electrons. The van der Waals surface area contributed by atoms with Crippen LogP contribution in [0.15, 0.2) is 24.2 Å². The number of fused-ring (bicyclic) bond motifs is 1. The number of aromatic nitrogens is 5. The van der Waals surface area contributed by atoms with E-state index in [2.05, 4.69) is 24.5 Å². The largest absolute Gasteiger partial charge is 0.340 e. The Bertz CT molecular complexity index is 1100. The molecule has 2 aliphatic rings. The summed E-state index contributed by atoms with van der Waals surface area (Å²) in [6.07, 6.45) is 1.16. The highest BCUT2D eigenvalue weighted by atomic mass is 32.1. The molecule has 1 saturated heterocycles. The molecule has 0 N–H and O–H groups in total. The van der Waals surface area contributed by atoms with Crippen LogP contribution in [-0.2, 0) is 6.54 Å².